The molecule has 0 radical (unpaired) electrons. The van der Waals surface area contributed by atoms with Crippen molar-refractivity contribution in [2.75, 3.05) is 11.9 Å². The predicted molar refractivity (Wildman–Crippen MR) is 71.7 cm³/mol. The summed E-state index contributed by atoms with van der Waals surface area (Å²) in [5, 5.41) is 2.26. The van der Waals surface area contributed by atoms with E-state index in [9.17, 15) is 18.4 Å². The van der Waals surface area contributed by atoms with Crippen LogP contribution in [0.5, 0.6) is 0 Å². The summed E-state index contributed by atoms with van der Waals surface area (Å²) in [6.07, 6.45) is 0. The SMILES string of the molecule is O=C(COC(=O)c1cccc(F)c1)Nc1ccccc1F. The Morgan fingerprint density at radius 2 is 1.81 bits per heavy atom. The van der Waals surface area contributed by atoms with Gasteiger partial charge in [0.15, 0.2) is 6.61 Å². The molecule has 0 fully saturated rings. The van der Waals surface area contributed by atoms with Crippen molar-refractivity contribution in [2.24, 2.45) is 0 Å². The number of carbonyl (C=O) groups excluding carboxylic acids is 2. The lowest BCUT2D eigenvalue weighted by molar-refractivity contribution is -0.119. The van der Waals surface area contributed by atoms with Crippen LogP contribution >= 0.6 is 0 Å². The maximum absolute atomic E-state index is 13.3. The zero-order valence-electron chi connectivity index (χ0n) is 10.8. The Morgan fingerprint density at radius 3 is 2.52 bits per heavy atom. The van der Waals surface area contributed by atoms with Crippen molar-refractivity contribution < 1.29 is 23.1 Å². The van der Waals surface area contributed by atoms with Crippen LogP contribution in [0.4, 0.5) is 14.5 Å². The average Bonchev–Trinajstić information content (AvgIpc) is 2.47. The first kappa shape index (κ1) is 14.6. The highest BCUT2D eigenvalue weighted by Gasteiger charge is 2.12. The number of rotatable bonds is 4. The van der Waals surface area contributed by atoms with Gasteiger partial charge >= 0.3 is 5.97 Å². The number of benzene rings is 2. The third-order valence-electron chi connectivity index (χ3n) is 2.54. The van der Waals surface area contributed by atoms with E-state index >= 15 is 0 Å². The zero-order chi connectivity index (χ0) is 15.2. The minimum Gasteiger partial charge on any atom is -0.452 e. The van der Waals surface area contributed by atoms with Crippen molar-refractivity contribution >= 4 is 17.6 Å². The van der Waals surface area contributed by atoms with Crippen molar-refractivity contribution in [1.82, 2.24) is 0 Å². The van der Waals surface area contributed by atoms with Gasteiger partial charge in [-0.25, -0.2) is 13.6 Å². The van der Waals surface area contributed by atoms with Crippen molar-refractivity contribution in [1.29, 1.82) is 0 Å². The molecule has 0 unspecified atom stereocenters. The van der Waals surface area contributed by atoms with E-state index in [1.807, 2.05) is 0 Å². The largest absolute Gasteiger partial charge is 0.452 e. The second kappa shape index (κ2) is 6.60. The lowest BCUT2D eigenvalue weighted by Gasteiger charge is -2.07. The Kier molecular flexibility index (Phi) is 4.61. The number of nitrogens with one attached hydrogen (secondary N) is 1. The highest BCUT2D eigenvalue weighted by molar-refractivity contribution is 5.95. The standard InChI is InChI=1S/C15H11F2NO3/c16-11-5-3-4-10(8-11)15(20)21-9-14(19)18-13-7-2-1-6-12(13)17/h1-8H,9H2,(H,18,19). The van der Waals surface area contributed by atoms with E-state index in [0.29, 0.717) is 0 Å². The Hall–Kier alpha value is -2.76. The lowest BCUT2D eigenvalue weighted by Crippen LogP contribution is -2.21. The van der Waals surface area contributed by atoms with Crippen LogP contribution in [0.25, 0.3) is 0 Å². The number of anilines is 1. The van der Waals surface area contributed by atoms with Gasteiger partial charge in [-0.2, -0.15) is 0 Å². The third-order valence-corrected chi connectivity index (χ3v) is 2.54. The van der Waals surface area contributed by atoms with Crippen molar-refractivity contribution in [3.63, 3.8) is 0 Å². The summed E-state index contributed by atoms with van der Waals surface area (Å²) in [5.41, 5.74) is -0.0157. The van der Waals surface area contributed by atoms with Crippen LogP contribution in [-0.2, 0) is 9.53 Å². The number of hydrogen-bond acceptors (Lipinski definition) is 3. The molecule has 2 aromatic carbocycles. The minimum atomic E-state index is -0.835. The summed E-state index contributed by atoms with van der Waals surface area (Å²) in [6.45, 7) is -0.594. The molecule has 6 heteroatoms. The van der Waals surface area contributed by atoms with Crippen LogP contribution in [0.2, 0.25) is 0 Å². The Bertz CT molecular complexity index is 673. The first-order valence-electron chi connectivity index (χ1n) is 6.03. The first-order chi connectivity index (χ1) is 10.1. The van der Waals surface area contributed by atoms with Gasteiger partial charge in [-0.1, -0.05) is 18.2 Å². The molecule has 0 aromatic heterocycles. The third kappa shape index (κ3) is 4.10. The molecule has 2 rings (SSSR count). The summed E-state index contributed by atoms with van der Waals surface area (Å²) in [4.78, 5) is 23.1. The molecule has 0 bridgehead atoms. The number of esters is 1. The van der Waals surface area contributed by atoms with E-state index in [1.54, 1.807) is 6.07 Å². The lowest BCUT2D eigenvalue weighted by atomic mass is 10.2. The first-order valence-corrected chi connectivity index (χ1v) is 6.03. The fraction of sp³-hybridized carbons (Fsp3) is 0.0667. The Morgan fingerprint density at radius 1 is 1.05 bits per heavy atom. The molecule has 0 atom stereocenters. The molecule has 1 amide bonds. The van der Waals surface area contributed by atoms with E-state index in [-0.39, 0.29) is 11.3 Å². The minimum absolute atomic E-state index is 0.00584. The smallest absolute Gasteiger partial charge is 0.338 e. The molecule has 1 N–H and O–H groups in total. The number of amides is 1. The van der Waals surface area contributed by atoms with E-state index in [2.05, 4.69) is 5.32 Å². The number of ether oxygens (including phenoxy) is 1. The molecule has 108 valence electrons. The number of para-hydroxylation sites is 1. The summed E-state index contributed by atoms with van der Waals surface area (Å²) in [7, 11) is 0. The van der Waals surface area contributed by atoms with Crippen LogP contribution in [0, 0.1) is 11.6 Å². The summed E-state index contributed by atoms with van der Waals surface area (Å²) in [5.74, 6) is -2.70. The molecule has 21 heavy (non-hydrogen) atoms. The van der Waals surface area contributed by atoms with Crippen LogP contribution in [0.15, 0.2) is 48.5 Å². The second-order valence-electron chi connectivity index (χ2n) is 4.11. The molecule has 0 aliphatic heterocycles. The number of carbonyl (C=O) groups is 2. The number of hydrogen-bond donors (Lipinski definition) is 1. The summed E-state index contributed by atoms with van der Waals surface area (Å²) < 4.78 is 30.9. The molecule has 0 saturated carbocycles. The topological polar surface area (TPSA) is 55.4 Å². The van der Waals surface area contributed by atoms with Crippen LogP contribution in [-0.4, -0.2) is 18.5 Å². The molecule has 0 heterocycles. The fourth-order valence-corrected chi connectivity index (χ4v) is 1.58. The van der Waals surface area contributed by atoms with Gasteiger partial charge in [0.05, 0.1) is 11.3 Å². The molecule has 0 spiro atoms. The van der Waals surface area contributed by atoms with Gasteiger partial charge in [-0.05, 0) is 30.3 Å². The number of halogens is 2. The quantitative estimate of drug-likeness (QED) is 0.881. The predicted octanol–water partition coefficient (Wildman–Crippen LogP) is 2.76. The van der Waals surface area contributed by atoms with Crippen LogP contribution < -0.4 is 5.32 Å². The van der Waals surface area contributed by atoms with E-state index in [4.69, 9.17) is 4.74 Å². The maximum Gasteiger partial charge on any atom is 0.338 e. The Labute approximate surface area is 119 Å². The van der Waals surface area contributed by atoms with Gasteiger partial charge in [0.25, 0.3) is 5.91 Å². The molecular weight excluding hydrogens is 280 g/mol. The maximum atomic E-state index is 13.3. The highest BCUT2D eigenvalue weighted by atomic mass is 19.1. The van der Waals surface area contributed by atoms with Gasteiger partial charge < -0.3 is 10.1 Å². The normalized spacial score (nSPS) is 10.0. The van der Waals surface area contributed by atoms with Gasteiger partial charge in [-0.3, -0.25) is 4.79 Å². The Balaban J connectivity index is 1.90. The zero-order valence-corrected chi connectivity index (χ0v) is 10.8. The monoisotopic (exact) mass is 291 g/mol. The van der Waals surface area contributed by atoms with Crippen molar-refractivity contribution in [2.45, 2.75) is 0 Å². The van der Waals surface area contributed by atoms with Gasteiger partial charge in [0.1, 0.15) is 11.6 Å². The van der Waals surface area contributed by atoms with Crippen molar-refractivity contribution in [3.8, 4) is 0 Å². The van der Waals surface area contributed by atoms with Crippen LogP contribution in [0.1, 0.15) is 10.4 Å². The van der Waals surface area contributed by atoms with E-state index < -0.39 is 30.1 Å². The summed E-state index contributed by atoms with van der Waals surface area (Å²) in [6, 6.07) is 10.5. The van der Waals surface area contributed by atoms with Gasteiger partial charge in [0, 0.05) is 0 Å². The molecule has 2 aromatic rings. The van der Waals surface area contributed by atoms with E-state index in [0.717, 1.165) is 6.07 Å². The van der Waals surface area contributed by atoms with Gasteiger partial charge in [0.2, 0.25) is 0 Å². The van der Waals surface area contributed by atoms with Crippen LogP contribution in [0.3, 0.4) is 0 Å². The summed E-state index contributed by atoms with van der Waals surface area (Å²) >= 11 is 0. The molecule has 0 saturated heterocycles. The average molecular weight is 291 g/mol. The second-order valence-corrected chi connectivity index (χ2v) is 4.11. The van der Waals surface area contributed by atoms with Gasteiger partial charge in [-0.15, -0.1) is 0 Å². The molecule has 0 aliphatic carbocycles. The molecule has 0 aliphatic rings. The molecule has 4 nitrogen and oxygen atoms in total. The van der Waals surface area contributed by atoms with E-state index in [1.165, 1.54) is 36.4 Å². The highest BCUT2D eigenvalue weighted by Crippen LogP contribution is 2.12. The molecular formula is C15H11F2NO3. The fourth-order valence-electron chi connectivity index (χ4n) is 1.58. The van der Waals surface area contributed by atoms with Crippen molar-refractivity contribution in [3.05, 3.63) is 65.7 Å².